The molecular weight excluding hydrogens is 488 g/mol. The van der Waals surface area contributed by atoms with E-state index in [2.05, 4.69) is 48.4 Å². The van der Waals surface area contributed by atoms with Crippen molar-refractivity contribution >= 4 is 28.9 Å². The second kappa shape index (κ2) is 10.4. The molecule has 3 aromatic heterocycles. The third-order valence-corrected chi connectivity index (χ3v) is 6.90. The van der Waals surface area contributed by atoms with Gasteiger partial charge in [-0.2, -0.15) is 0 Å². The van der Waals surface area contributed by atoms with Gasteiger partial charge in [-0.1, -0.05) is 18.2 Å². The van der Waals surface area contributed by atoms with Crippen molar-refractivity contribution in [2.75, 3.05) is 19.0 Å². The number of aryl methyl sites for hydroxylation is 1. The number of hydrogen-bond donors (Lipinski definition) is 2. The number of para-hydroxylation sites is 2. The molecule has 11 heteroatoms. The molecule has 1 aliphatic rings. The first-order chi connectivity index (χ1) is 18.0. The molecule has 0 radical (unpaired) electrons. The van der Waals surface area contributed by atoms with Crippen molar-refractivity contribution < 1.29 is 9.53 Å². The summed E-state index contributed by atoms with van der Waals surface area (Å²) in [6.07, 6.45) is 5.35. The van der Waals surface area contributed by atoms with E-state index in [9.17, 15) is 4.79 Å². The molecule has 1 fully saturated rings. The number of benzene rings is 1. The molecule has 0 unspecified atom stereocenters. The van der Waals surface area contributed by atoms with Crippen LogP contribution in [0.3, 0.4) is 0 Å². The zero-order valence-corrected chi connectivity index (χ0v) is 21.6. The lowest BCUT2D eigenvalue weighted by Gasteiger charge is -2.28. The molecule has 1 aromatic carbocycles. The average Bonchev–Trinajstić information content (AvgIpc) is 3.61. The van der Waals surface area contributed by atoms with E-state index in [1.165, 1.54) is 0 Å². The van der Waals surface area contributed by atoms with E-state index in [0.717, 1.165) is 22.6 Å². The predicted molar refractivity (Wildman–Crippen MR) is 143 cm³/mol. The van der Waals surface area contributed by atoms with Crippen LogP contribution in [0.25, 0.3) is 0 Å². The number of carbonyl (C=O) groups excluding carboxylic acids is 1. The molecule has 37 heavy (non-hydrogen) atoms. The number of anilines is 1. The summed E-state index contributed by atoms with van der Waals surface area (Å²) >= 11 is 5.78. The Morgan fingerprint density at radius 2 is 1.89 bits per heavy atom. The second-order valence-electron chi connectivity index (χ2n) is 8.80. The molecule has 1 saturated heterocycles. The minimum atomic E-state index is -0.180. The van der Waals surface area contributed by atoms with Gasteiger partial charge in [-0.15, -0.1) is 10.2 Å². The highest BCUT2D eigenvalue weighted by Gasteiger charge is 2.41. The fourth-order valence-electron chi connectivity index (χ4n) is 4.90. The predicted octanol–water partition coefficient (Wildman–Crippen LogP) is 3.41. The third-order valence-electron chi connectivity index (χ3n) is 6.55. The summed E-state index contributed by atoms with van der Waals surface area (Å²) < 4.78 is 9.26. The quantitative estimate of drug-likeness (QED) is 0.344. The zero-order valence-electron chi connectivity index (χ0n) is 20.8. The van der Waals surface area contributed by atoms with E-state index in [1.54, 1.807) is 26.0 Å². The number of pyridine rings is 1. The van der Waals surface area contributed by atoms with Crippen LogP contribution in [0.4, 0.5) is 5.69 Å². The third kappa shape index (κ3) is 4.77. The Morgan fingerprint density at radius 3 is 2.62 bits per heavy atom. The molecule has 0 saturated carbocycles. The van der Waals surface area contributed by atoms with Crippen LogP contribution in [0.15, 0.2) is 67.4 Å². The maximum atomic E-state index is 12.9. The monoisotopic (exact) mass is 516 g/mol. The number of methoxy groups -OCH3 is 1. The average molecular weight is 517 g/mol. The van der Waals surface area contributed by atoms with E-state index in [0.29, 0.717) is 23.1 Å². The van der Waals surface area contributed by atoms with Gasteiger partial charge in [0.15, 0.2) is 5.11 Å². The minimum absolute atomic E-state index is 0.123. The Morgan fingerprint density at radius 1 is 1.14 bits per heavy atom. The van der Waals surface area contributed by atoms with Gasteiger partial charge in [-0.05, 0) is 56.4 Å². The van der Waals surface area contributed by atoms with Gasteiger partial charge in [0.2, 0.25) is 5.91 Å². The van der Waals surface area contributed by atoms with Gasteiger partial charge in [0.1, 0.15) is 18.4 Å². The molecule has 0 aliphatic carbocycles. The highest BCUT2D eigenvalue weighted by molar-refractivity contribution is 7.80. The van der Waals surface area contributed by atoms with E-state index in [-0.39, 0.29) is 24.4 Å². The van der Waals surface area contributed by atoms with Crippen LogP contribution in [-0.4, -0.2) is 54.1 Å². The SMILES string of the molecule is COc1ccccc1NC(=O)CCN1C(=S)N[C@H](c2ccccn2)[C@H]1c1cc(C)n(-n2cnnc2)c1C. The van der Waals surface area contributed by atoms with E-state index in [4.69, 9.17) is 17.0 Å². The van der Waals surface area contributed by atoms with E-state index < -0.39 is 0 Å². The summed E-state index contributed by atoms with van der Waals surface area (Å²) in [4.78, 5) is 19.6. The molecule has 2 atom stereocenters. The van der Waals surface area contributed by atoms with Gasteiger partial charge in [0.25, 0.3) is 0 Å². The van der Waals surface area contributed by atoms with Crippen molar-refractivity contribution in [1.82, 2.24) is 34.8 Å². The smallest absolute Gasteiger partial charge is 0.226 e. The van der Waals surface area contributed by atoms with Crippen molar-refractivity contribution in [2.24, 2.45) is 0 Å². The molecule has 4 aromatic rings. The largest absolute Gasteiger partial charge is 0.495 e. The van der Waals surface area contributed by atoms with Crippen molar-refractivity contribution in [3.05, 3.63) is 90.0 Å². The zero-order chi connectivity index (χ0) is 25.9. The number of thiocarbonyl (C=S) groups is 1. The summed E-state index contributed by atoms with van der Waals surface area (Å²) in [6, 6.07) is 15.0. The summed E-state index contributed by atoms with van der Waals surface area (Å²) in [5.74, 6) is 0.492. The molecule has 1 amide bonds. The van der Waals surface area contributed by atoms with Crippen LogP contribution in [-0.2, 0) is 4.79 Å². The number of nitrogens with zero attached hydrogens (tertiary/aromatic N) is 6. The van der Waals surface area contributed by atoms with Gasteiger partial charge in [0.05, 0.1) is 30.6 Å². The minimum Gasteiger partial charge on any atom is -0.495 e. The van der Waals surface area contributed by atoms with Crippen LogP contribution in [0.1, 0.15) is 41.1 Å². The number of nitrogens with one attached hydrogen (secondary N) is 2. The first kappa shape index (κ1) is 24.4. The van der Waals surface area contributed by atoms with Gasteiger partial charge < -0.3 is 20.3 Å². The van der Waals surface area contributed by atoms with Crippen LogP contribution in [0.2, 0.25) is 0 Å². The normalized spacial score (nSPS) is 17.1. The molecule has 190 valence electrons. The molecule has 1 aliphatic heterocycles. The maximum absolute atomic E-state index is 12.9. The number of carbonyl (C=O) groups is 1. The van der Waals surface area contributed by atoms with Crippen molar-refractivity contribution in [3.8, 4) is 5.75 Å². The Hall–Kier alpha value is -4.25. The molecule has 2 N–H and O–H groups in total. The summed E-state index contributed by atoms with van der Waals surface area (Å²) in [7, 11) is 1.58. The van der Waals surface area contributed by atoms with Crippen molar-refractivity contribution in [3.63, 3.8) is 0 Å². The summed E-state index contributed by atoms with van der Waals surface area (Å²) in [5, 5.41) is 14.9. The Bertz CT molecular complexity index is 1400. The molecule has 10 nitrogen and oxygen atoms in total. The van der Waals surface area contributed by atoms with Gasteiger partial charge in [0, 0.05) is 36.1 Å². The van der Waals surface area contributed by atoms with Crippen LogP contribution < -0.4 is 15.4 Å². The van der Waals surface area contributed by atoms with Crippen LogP contribution in [0.5, 0.6) is 5.75 Å². The highest BCUT2D eigenvalue weighted by atomic mass is 32.1. The van der Waals surface area contributed by atoms with Gasteiger partial charge >= 0.3 is 0 Å². The lowest BCUT2D eigenvalue weighted by molar-refractivity contribution is -0.116. The molecule has 0 spiro atoms. The number of aromatic nitrogens is 5. The van der Waals surface area contributed by atoms with Gasteiger partial charge in [-0.3, -0.25) is 14.5 Å². The first-order valence-corrected chi connectivity index (χ1v) is 12.3. The lowest BCUT2D eigenvalue weighted by atomic mass is 9.96. The fourth-order valence-corrected chi connectivity index (χ4v) is 5.23. The molecule has 4 heterocycles. The maximum Gasteiger partial charge on any atom is 0.226 e. The van der Waals surface area contributed by atoms with Crippen molar-refractivity contribution in [1.29, 1.82) is 0 Å². The topological polar surface area (TPSA) is 102 Å². The lowest BCUT2D eigenvalue weighted by Crippen LogP contribution is -2.33. The van der Waals surface area contributed by atoms with Gasteiger partial charge in [-0.25, -0.2) is 4.68 Å². The Kier molecular flexibility index (Phi) is 6.87. The number of hydrogen-bond acceptors (Lipinski definition) is 6. The Labute approximate surface area is 220 Å². The first-order valence-electron chi connectivity index (χ1n) is 11.9. The number of amides is 1. The molecule has 5 rings (SSSR count). The summed E-state index contributed by atoms with van der Waals surface area (Å²) in [5.41, 5.74) is 4.65. The number of rotatable bonds is 8. The standard InChI is InChI=1S/C26H28N8O2S/c1-17-14-19(18(2)34(17)32-15-28-29-16-32)25-24(21-9-6-7-12-27-21)31-26(37)33(25)13-11-23(35)30-20-8-4-5-10-22(20)36-3/h4-10,12,14-16,24-25H,11,13H2,1-3H3,(H,30,35)(H,31,37)/t24-,25-/m1/s1. The van der Waals surface area contributed by atoms with E-state index >= 15 is 0 Å². The van der Waals surface area contributed by atoms with E-state index in [1.807, 2.05) is 54.1 Å². The Balaban J connectivity index is 1.44. The van der Waals surface area contributed by atoms with Crippen LogP contribution in [0, 0.1) is 13.8 Å². The fraction of sp³-hybridized carbons (Fsp3) is 0.269. The second-order valence-corrected chi connectivity index (χ2v) is 9.19. The highest BCUT2D eigenvalue weighted by Crippen LogP contribution is 2.41. The van der Waals surface area contributed by atoms with Crippen LogP contribution >= 0.6 is 12.2 Å². The summed E-state index contributed by atoms with van der Waals surface area (Å²) in [6.45, 7) is 4.53. The number of ether oxygens (including phenoxy) is 1. The van der Waals surface area contributed by atoms with Crippen molar-refractivity contribution in [2.45, 2.75) is 32.4 Å². The molecular formula is C26H28N8O2S. The molecule has 0 bridgehead atoms.